The van der Waals surface area contributed by atoms with E-state index in [0.29, 0.717) is 19.5 Å². The lowest BCUT2D eigenvalue weighted by Gasteiger charge is -2.34. The van der Waals surface area contributed by atoms with Gasteiger partial charge in [-0.1, -0.05) is 26.0 Å². The number of aromatic nitrogens is 2. The molecule has 1 fully saturated rings. The third kappa shape index (κ3) is 4.16. The molecule has 2 heterocycles. The summed E-state index contributed by atoms with van der Waals surface area (Å²) in [5.41, 5.74) is 1.85. The average Bonchev–Trinajstić information content (AvgIpc) is 3.28. The number of amides is 2. The number of carbonyl (C=O) groups is 2. The minimum atomic E-state index is 0.0308. The first-order valence-corrected chi connectivity index (χ1v) is 10.9. The average molecular weight is 399 g/mol. The Balaban J connectivity index is 1.97. The number of carbonyl (C=O) groups excluding carboxylic acids is 2. The molecular weight excluding hydrogens is 364 g/mol. The molecule has 158 valence electrons. The number of nitrogens with zero attached hydrogens (tertiary/aromatic N) is 4. The third-order valence-corrected chi connectivity index (χ3v) is 6.36. The standard InChI is InChI=1S/C23H34N4O2/c1-6-16(4)27(17(5)7-2)22(29)15-26-20-12-10-9-11-19(20)24-23(26)18-13-21(28)25(8-3)14-18/h9-12,16-18H,6-8,13-15H2,1-5H3. The van der Waals surface area contributed by atoms with E-state index in [1.54, 1.807) is 0 Å². The van der Waals surface area contributed by atoms with Crippen LogP contribution < -0.4 is 0 Å². The summed E-state index contributed by atoms with van der Waals surface area (Å²) >= 11 is 0. The highest BCUT2D eigenvalue weighted by atomic mass is 16.2. The van der Waals surface area contributed by atoms with Crippen molar-refractivity contribution in [2.75, 3.05) is 13.1 Å². The van der Waals surface area contributed by atoms with Crippen LogP contribution in [0.3, 0.4) is 0 Å². The predicted molar refractivity (Wildman–Crippen MR) is 116 cm³/mol. The van der Waals surface area contributed by atoms with Crippen LogP contribution in [0.25, 0.3) is 11.0 Å². The molecule has 3 atom stereocenters. The number of hydrogen-bond donors (Lipinski definition) is 0. The monoisotopic (exact) mass is 398 g/mol. The van der Waals surface area contributed by atoms with Crippen LogP contribution >= 0.6 is 0 Å². The Morgan fingerprint density at radius 2 is 1.83 bits per heavy atom. The SMILES string of the molecule is CCC(C)N(C(=O)Cn1c(C2CC(=O)N(CC)C2)nc2ccccc21)C(C)CC. The highest BCUT2D eigenvalue weighted by molar-refractivity contribution is 5.83. The summed E-state index contributed by atoms with van der Waals surface area (Å²) in [7, 11) is 0. The van der Waals surface area contributed by atoms with E-state index in [0.717, 1.165) is 29.7 Å². The number of likely N-dealkylation sites (N-methyl/N-ethyl adjacent to an activating group) is 1. The molecule has 1 saturated heterocycles. The molecule has 0 radical (unpaired) electrons. The van der Waals surface area contributed by atoms with Crippen LogP contribution in [0.2, 0.25) is 0 Å². The van der Waals surface area contributed by atoms with Gasteiger partial charge in [-0.3, -0.25) is 9.59 Å². The van der Waals surface area contributed by atoms with Crippen LogP contribution in [0.15, 0.2) is 24.3 Å². The first-order chi connectivity index (χ1) is 13.9. The molecule has 0 aliphatic carbocycles. The molecule has 6 nitrogen and oxygen atoms in total. The number of hydrogen-bond acceptors (Lipinski definition) is 3. The van der Waals surface area contributed by atoms with Crippen molar-refractivity contribution in [3.63, 3.8) is 0 Å². The van der Waals surface area contributed by atoms with E-state index in [4.69, 9.17) is 4.98 Å². The lowest BCUT2D eigenvalue weighted by atomic mass is 10.1. The fraction of sp³-hybridized carbons (Fsp3) is 0.609. The fourth-order valence-corrected chi connectivity index (χ4v) is 4.36. The van der Waals surface area contributed by atoms with Crippen LogP contribution in [-0.2, 0) is 16.1 Å². The summed E-state index contributed by atoms with van der Waals surface area (Å²) in [6.07, 6.45) is 2.32. The molecule has 3 rings (SSSR count). The minimum absolute atomic E-state index is 0.0308. The van der Waals surface area contributed by atoms with Gasteiger partial charge in [0.15, 0.2) is 0 Å². The van der Waals surface area contributed by atoms with E-state index in [-0.39, 0.29) is 36.4 Å². The Kier molecular flexibility index (Phi) is 6.60. The number of imidazole rings is 1. The first-order valence-electron chi connectivity index (χ1n) is 10.9. The molecule has 3 unspecified atom stereocenters. The van der Waals surface area contributed by atoms with E-state index < -0.39 is 0 Å². The van der Waals surface area contributed by atoms with Crippen LogP contribution in [0.5, 0.6) is 0 Å². The molecule has 6 heteroatoms. The molecule has 0 bridgehead atoms. The second-order valence-electron chi connectivity index (χ2n) is 8.19. The van der Waals surface area contributed by atoms with Gasteiger partial charge in [-0.15, -0.1) is 0 Å². The first kappa shape index (κ1) is 21.3. The van der Waals surface area contributed by atoms with Crippen LogP contribution in [0.4, 0.5) is 0 Å². The number of para-hydroxylation sites is 2. The van der Waals surface area contributed by atoms with Gasteiger partial charge >= 0.3 is 0 Å². The third-order valence-electron chi connectivity index (χ3n) is 6.36. The van der Waals surface area contributed by atoms with Crippen molar-refractivity contribution < 1.29 is 9.59 Å². The summed E-state index contributed by atoms with van der Waals surface area (Å²) in [4.78, 5) is 34.5. The van der Waals surface area contributed by atoms with Gasteiger partial charge in [0, 0.05) is 37.5 Å². The molecule has 1 aromatic carbocycles. The van der Waals surface area contributed by atoms with Gasteiger partial charge in [0.2, 0.25) is 11.8 Å². The number of benzene rings is 1. The van der Waals surface area contributed by atoms with Gasteiger partial charge in [-0.25, -0.2) is 4.98 Å². The Bertz CT molecular complexity index is 865. The zero-order valence-corrected chi connectivity index (χ0v) is 18.4. The zero-order valence-electron chi connectivity index (χ0n) is 18.4. The molecule has 0 spiro atoms. The van der Waals surface area contributed by atoms with Crippen molar-refractivity contribution >= 4 is 22.8 Å². The molecule has 1 aliphatic heterocycles. The largest absolute Gasteiger partial charge is 0.342 e. The van der Waals surface area contributed by atoms with Crippen molar-refractivity contribution in [3.05, 3.63) is 30.1 Å². The van der Waals surface area contributed by atoms with Gasteiger partial charge in [0.05, 0.1) is 11.0 Å². The van der Waals surface area contributed by atoms with E-state index >= 15 is 0 Å². The van der Waals surface area contributed by atoms with E-state index in [1.165, 1.54) is 0 Å². The smallest absolute Gasteiger partial charge is 0.243 e. The van der Waals surface area contributed by atoms with Gasteiger partial charge < -0.3 is 14.4 Å². The van der Waals surface area contributed by atoms with Crippen molar-refractivity contribution in [3.8, 4) is 0 Å². The second kappa shape index (κ2) is 8.97. The summed E-state index contributed by atoms with van der Waals surface area (Å²) in [5, 5.41) is 0. The van der Waals surface area contributed by atoms with Gasteiger partial charge in [-0.2, -0.15) is 0 Å². The van der Waals surface area contributed by atoms with E-state index in [2.05, 4.69) is 27.7 Å². The van der Waals surface area contributed by atoms with Crippen LogP contribution in [0.1, 0.15) is 65.6 Å². The zero-order chi connectivity index (χ0) is 21.1. The van der Waals surface area contributed by atoms with Crippen LogP contribution in [-0.4, -0.2) is 56.3 Å². The van der Waals surface area contributed by atoms with Crippen molar-refractivity contribution in [1.82, 2.24) is 19.4 Å². The molecule has 1 aromatic heterocycles. The molecule has 1 aliphatic rings. The van der Waals surface area contributed by atoms with E-state index in [9.17, 15) is 9.59 Å². The van der Waals surface area contributed by atoms with Crippen LogP contribution in [0, 0.1) is 0 Å². The molecule has 0 saturated carbocycles. The normalized spacial score (nSPS) is 19.0. The fourth-order valence-electron chi connectivity index (χ4n) is 4.36. The lowest BCUT2D eigenvalue weighted by Crippen LogP contribution is -2.46. The topological polar surface area (TPSA) is 58.4 Å². The lowest BCUT2D eigenvalue weighted by molar-refractivity contribution is -0.136. The maximum Gasteiger partial charge on any atom is 0.243 e. The van der Waals surface area contributed by atoms with Crippen molar-refractivity contribution in [2.24, 2.45) is 0 Å². The number of rotatable bonds is 8. The Hall–Kier alpha value is -2.37. The Labute approximate surface area is 173 Å². The summed E-state index contributed by atoms with van der Waals surface area (Å²) in [5.74, 6) is 1.18. The molecule has 29 heavy (non-hydrogen) atoms. The second-order valence-corrected chi connectivity index (χ2v) is 8.19. The number of likely N-dealkylation sites (tertiary alicyclic amines) is 1. The van der Waals surface area contributed by atoms with Gasteiger partial charge in [0.25, 0.3) is 0 Å². The quantitative estimate of drug-likeness (QED) is 0.680. The molecule has 2 amide bonds. The van der Waals surface area contributed by atoms with E-state index in [1.807, 2.05) is 45.6 Å². The summed E-state index contributed by atoms with van der Waals surface area (Å²) in [6.45, 7) is 12.1. The number of fused-ring (bicyclic) bond motifs is 1. The maximum atomic E-state index is 13.4. The van der Waals surface area contributed by atoms with Crippen molar-refractivity contribution in [2.45, 2.75) is 78.4 Å². The predicted octanol–water partition coefficient (Wildman–Crippen LogP) is 3.80. The summed E-state index contributed by atoms with van der Waals surface area (Å²) < 4.78 is 2.05. The maximum absolute atomic E-state index is 13.4. The van der Waals surface area contributed by atoms with Crippen molar-refractivity contribution in [1.29, 1.82) is 0 Å². The minimum Gasteiger partial charge on any atom is -0.342 e. The Morgan fingerprint density at radius 3 is 2.41 bits per heavy atom. The highest BCUT2D eigenvalue weighted by Gasteiger charge is 2.34. The van der Waals surface area contributed by atoms with Gasteiger partial charge in [0.1, 0.15) is 12.4 Å². The molecule has 2 aromatic rings. The molecule has 0 N–H and O–H groups in total. The Morgan fingerprint density at radius 1 is 1.17 bits per heavy atom. The highest BCUT2D eigenvalue weighted by Crippen LogP contribution is 2.30. The summed E-state index contributed by atoms with van der Waals surface area (Å²) in [6, 6.07) is 8.33. The molecular formula is C23H34N4O2. The van der Waals surface area contributed by atoms with Gasteiger partial charge in [-0.05, 0) is 45.7 Å².